The molecule has 2 heterocycles. The molecule has 0 unspecified atom stereocenters. The van der Waals surface area contributed by atoms with Gasteiger partial charge in [0.05, 0.1) is 17.8 Å². The summed E-state index contributed by atoms with van der Waals surface area (Å²) in [6.07, 6.45) is 1.68. The lowest BCUT2D eigenvalue weighted by Gasteiger charge is -1.99. The third kappa shape index (κ3) is 1.90. The van der Waals surface area contributed by atoms with Crippen molar-refractivity contribution in [2.45, 2.75) is 26.3 Å². The van der Waals surface area contributed by atoms with Gasteiger partial charge in [0.1, 0.15) is 5.69 Å². The zero-order valence-electron chi connectivity index (χ0n) is 8.70. The van der Waals surface area contributed by atoms with Crippen LogP contribution in [-0.4, -0.2) is 14.8 Å². The lowest BCUT2D eigenvalue weighted by atomic mass is 10.3. The summed E-state index contributed by atoms with van der Waals surface area (Å²) in [5.41, 5.74) is 1.91. The van der Waals surface area contributed by atoms with Gasteiger partial charge in [-0.1, -0.05) is 0 Å². The molecule has 0 saturated carbocycles. The second kappa shape index (κ2) is 4.06. The monoisotopic (exact) mass is 225 g/mol. The fourth-order valence-electron chi connectivity index (χ4n) is 1.48. The zero-order valence-corrected chi connectivity index (χ0v) is 9.45. The predicted molar refractivity (Wildman–Crippen MR) is 57.7 cm³/mol. The van der Waals surface area contributed by atoms with Crippen LogP contribution in [0.4, 0.5) is 0 Å². The summed E-state index contributed by atoms with van der Waals surface area (Å²) in [5.74, 6) is 1.54. The third-order valence-electron chi connectivity index (χ3n) is 2.12. The Bertz CT molecular complexity index is 461. The molecule has 0 aliphatic heterocycles. The highest BCUT2D eigenvalue weighted by Crippen LogP contribution is 2.21. The molecule has 0 spiro atoms. The topological polar surface area (TPSA) is 43.9 Å². The Balaban J connectivity index is 2.43. The third-order valence-corrected chi connectivity index (χ3v) is 2.35. The van der Waals surface area contributed by atoms with Crippen LogP contribution >= 0.6 is 11.6 Å². The van der Waals surface area contributed by atoms with E-state index in [-0.39, 0.29) is 0 Å². The minimum atomic E-state index is 0.291. The van der Waals surface area contributed by atoms with Crippen molar-refractivity contribution in [2.24, 2.45) is 0 Å². The number of hydrogen-bond acceptors (Lipinski definition) is 3. The molecule has 0 bridgehead atoms. The van der Waals surface area contributed by atoms with Crippen LogP contribution < -0.4 is 0 Å². The SMILES string of the molecule is CCn1nc(C)cc1-c1cnc(CCl)o1. The minimum Gasteiger partial charge on any atom is -0.438 e. The number of alkyl halides is 1. The van der Waals surface area contributed by atoms with Gasteiger partial charge in [-0.25, -0.2) is 4.98 Å². The lowest BCUT2D eigenvalue weighted by molar-refractivity contribution is 0.519. The Morgan fingerprint density at radius 2 is 2.33 bits per heavy atom. The van der Waals surface area contributed by atoms with Crippen molar-refractivity contribution in [1.29, 1.82) is 0 Å². The Hall–Kier alpha value is -1.29. The molecule has 0 saturated heterocycles. The summed E-state index contributed by atoms with van der Waals surface area (Å²) in [5, 5.41) is 4.34. The van der Waals surface area contributed by atoms with Gasteiger partial charge in [-0.05, 0) is 19.9 Å². The van der Waals surface area contributed by atoms with Gasteiger partial charge in [0.15, 0.2) is 5.76 Å². The van der Waals surface area contributed by atoms with Crippen LogP contribution in [0.5, 0.6) is 0 Å². The first-order valence-corrected chi connectivity index (χ1v) is 5.33. The van der Waals surface area contributed by atoms with Crippen LogP contribution in [0.15, 0.2) is 16.7 Å². The molecule has 5 heteroatoms. The van der Waals surface area contributed by atoms with E-state index in [2.05, 4.69) is 10.1 Å². The summed E-state index contributed by atoms with van der Waals surface area (Å²) >= 11 is 5.63. The maximum atomic E-state index is 5.63. The van der Waals surface area contributed by atoms with E-state index < -0.39 is 0 Å². The second-order valence-electron chi connectivity index (χ2n) is 3.24. The van der Waals surface area contributed by atoms with Gasteiger partial charge in [-0.3, -0.25) is 4.68 Å². The van der Waals surface area contributed by atoms with Crippen molar-refractivity contribution >= 4 is 11.6 Å². The Morgan fingerprint density at radius 3 is 2.93 bits per heavy atom. The van der Waals surface area contributed by atoms with Crippen LogP contribution in [-0.2, 0) is 12.4 Å². The largest absolute Gasteiger partial charge is 0.438 e. The maximum absolute atomic E-state index is 5.63. The van der Waals surface area contributed by atoms with E-state index in [1.54, 1.807) is 6.20 Å². The molecule has 0 aliphatic carbocycles. The van der Waals surface area contributed by atoms with Gasteiger partial charge >= 0.3 is 0 Å². The van der Waals surface area contributed by atoms with Gasteiger partial charge in [0.25, 0.3) is 0 Å². The molecule has 2 aromatic heterocycles. The molecular weight excluding hydrogens is 214 g/mol. The molecule has 0 aromatic carbocycles. The number of halogens is 1. The molecule has 2 rings (SSSR count). The predicted octanol–water partition coefficient (Wildman–Crippen LogP) is 2.61. The molecule has 0 amide bonds. The lowest BCUT2D eigenvalue weighted by Crippen LogP contribution is -1.98. The summed E-state index contributed by atoms with van der Waals surface area (Å²) < 4.78 is 7.35. The fraction of sp³-hybridized carbons (Fsp3) is 0.400. The first kappa shape index (κ1) is 10.2. The van der Waals surface area contributed by atoms with Crippen molar-refractivity contribution in [3.63, 3.8) is 0 Å². The molecule has 80 valence electrons. The molecule has 4 nitrogen and oxygen atoms in total. The van der Waals surface area contributed by atoms with Crippen LogP contribution in [0.3, 0.4) is 0 Å². The number of oxazole rings is 1. The second-order valence-corrected chi connectivity index (χ2v) is 3.51. The number of rotatable bonds is 3. The number of aromatic nitrogens is 3. The molecule has 0 atom stereocenters. The van der Waals surface area contributed by atoms with E-state index in [0.29, 0.717) is 17.5 Å². The van der Waals surface area contributed by atoms with Crippen LogP contribution in [0.25, 0.3) is 11.5 Å². The van der Waals surface area contributed by atoms with Crippen molar-refractivity contribution in [1.82, 2.24) is 14.8 Å². The highest BCUT2D eigenvalue weighted by Gasteiger charge is 2.11. The summed E-state index contributed by atoms with van der Waals surface area (Å²) in [7, 11) is 0. The molecule has 15 heavy (non-hydrogen) atoms. The van der Waals surface area contributed by atoms with E-state index >= 15 is 0 Å². The van der Waals surface area contributed by atoms with E-state index in [9.17, 15) is 0 Å². The van der Waals surface area contributed by atoms with Gasteiger partial charge in [0.2, 0.25) is 5.89 Å². The molecule has 0 radical (unpaired) electrons. The van der Waals surface area contributed by atoms with Crippen LogP contribution in [0, 0.1) is 6.92 Å². The highest BCUT2D eigenvalue weighted by atomic mass is 35.5. The van der Waals surface area contributed by atoms with Gasteiger partial charge < -0.3 is 4.42 Å². The Morgan fingerprint density at radius 1 is 1.53 bits per heavy atom. The summed E-state index contributed by atoms with van der Waals surface area (Å²) in [6, 6.07) is 1.97. The van der Waals surface area contributed by atoms with Gasteiger partial charge in [0, 0.05) is 6.54 Å². The minimum absolute atomic E-state index is 0.291. The Kier molecular flexibility index (Phi) is 2.77. The van der Waals surface area contributed by atoms with E-state index in [4.69, 9.17) is 16.0 Å². The molecule has 0 aliphatic rings. The van der Waals surface area contributed by atoms with Gasteiger partial charge in [-0.15, -0.1) is 11.6 Å². The maximum Gasteiger partial charge on any atom is 0.209 e. The van der Waals surface area contributed by atoms with Crippen molar-refractivity contribution < 1.29 is 4.42 Å². The van der Waals surface area contributed by atoms with E-state index in [0.717, 1.165) is 17.9 Å². The quantitative estimate of drug-likeness (QED) is 0.755. The normalized spacial score (nSPS) is 10.9. The fourth-order valence-corrected chi connectivity index (χ4v) is 1.60. The average Bonchev–Trinajstić information content (AvgIpc) is 2.82. The average molecular weight is 226 g/mol. The number of nitrogens with zero attached hydrogens (tertiary/aromatic N) is 3. The Labute approximate surface area is 92.9 Å². The number of aryl methyl sites for hydroxylation is 2. The zero-order chi connectivity index (χ0) is 10.8. The first-order chi connectivity index (χ1) is 7.24. The molecule has 0 N–H and O–H groups in total. The van der Waals surface area contributed by atoms with Crippen molar-refractivity contribution in [3.05, 3.63) is 23.8 Å². The van der Waals surface area contributed by atoms with E-state index in [1.807, 2.05) is 24.6 Å². The molecule has 0 fully saturated rings. The van der Waals surface area contributed by atoms with Crippen LogP contribution in [0.2, 0.25) is 0 Å². The van der Waals surface area contributed by atoms with Crippen molar-refractivity contribution in [3.8, 4) is 11.5 Å². The molecular formula is C10H12ClN3O. The number of hydrogen-bond donors (Lipinski definition) is 0. The summed E-state index contributed by atoms with van der Waals surface area (Å²) in [4.78, 5) is 4.06. The highest BCUT2D eigenvalue weighted by molar-refractivity contribution is 6.16. The van der Waals surface area contributed by atoms with Crippen LogP contribution in [0.1, 0.15) is 18.5 Å². The smallest absolute Gasteiger partial charge is 0.209 e. The van der Waals surface area contributed by atoms with Gasteiger partial charge in [-0.2, -0.15) is 5.10 Å². The van der Waals surface area contributed by atoms with Crippen molar-refractivity contribution in [2.75, 3.05) is 0 Å². The summed E-state index contributed by atoms with van der Waals surface area (Å²) in [6.45, 7) is 4.79. The first-order valence-electron chi connectivity index (χ1n) is 4.80. The standard InChI is InChI=1S/C10H12ClN3O/c1-3-14-8(4-7(2)13-14)9-6-12-10(5-11)15-9/h4,6H,3,5H2,1-2H3. The molecule has 2 aromatic rings. The van der Waals surface area contributed by atoms with E-state index in [1.165, 1.54) is 0 Å².